The van der Waals surface area contributed by atoms with Crippen LogP contribution in [0.15, 0.2) is 4.99 Å². The van der Waals surface area contributed by atoms with E-state index in [-0.39, 0.29) is 24.0 Å². The van der Waals surface area contributed by atoms with E-state index in [1.807, 2.05) is 7.05 Å². The SMILES string of the molecule is CCN1CCN(CC(C)CNC(=NC)NCC(C)C)CC1.I. The first-order valence-electron chi connectivity index (χ1n) is 8.44. The molecule has 2 N–H and O–H groups in total. The van der Waals surface area contributed by atoms with Crippen molar-refractivity contribution in [1.29, 1.82) is 0 Å². The zero-order valence-corrected chi connectivity index (χ0v) is 17.4. The highest BCUT2D eigenvalue weighted by atomic mass is 127. The Labute approximate surface area is 154 Å². The fraction of sp³-hybridized carbons (Fsp3) is 0.938. The summed E-state index contributed by atoms with van der Waals surface area (Å²) in [5.41, 5.74) is 0. The smallest absolute Gasteiger partial charge is 0.190 e. The second-order valence-corrected chi connectivity index (χ2v) is 6.57. The van der Waals surface area contributed by atoms with Crippen LogP contribution in [0.2, 0.25) is 0 Å². The van der Waals surface area contributed by atoms with Gasteiger partial charge < -0.3 is 20.4 Å². The molecule has 0 aromatic carbocycles. The third-order valence-electron chi connectivity index (χ3n) is 4.00. The van der Waals surface area contributed by atoms with Crippen LogP contribution in [-0.2, 0) is 0 Å². The largest absolute Gasteiger partial charge is 0.356 e. The quantitative estimate of drug-likeness (QED) is 0.370. The highest BCUT2D eigenvalue weighted by Crippen LogP contribution is 2.05. The lowest BCUT2D eigenvalue weighted by molar-refractivity contribution is 0.124. The number of nitrogens with one attached hydrogen (secondary N) is 2. The Bertz CT molecular complexity index is 301. The predicted molar refractivity (Wildman–Crippen MR) is 107 cm³/mol. The third-order valence-corrected chi connectivity index (χ3v) is 4.00. The predicted octanol–water partition coefficient (Wildman–Crippen LogP) is 1.70. The van der Waals surface area contributed by atoms with Crippen LogP contribution in [-0.4, -0.2) is 75.2 Å². The van der Waals surface area contributed by atoms with Gasteiger partial charge in [-0.2, -0.15) is 0 Å². The molecule has 0 spiro atoms. The minimum Gasteiger partial charge on any atom is -0.356 e. The summed E-state index contributed by atoms with van der Waals surface area (Å²) in [4.78, 5) is 9.38. The summed E-state index contributed by atoms with van der Waals surface area (Å²) in [6.07, 6.45) is 0. The van der Waals surface area contributed by atoms with Crippen LogP contribution in [0.25, 0.3) is 0 Å². The molecule has 0 aromatic heterocycles. The van der Waals surface area contributed by atoms with Crippen molar-refractivity contribution < 1.29 is 0 Å². The van der Waals surface area contributed by atoms with Gasteiger partial charge in [-0.25, -0.2) is 0 Å². The first-order valence-corrected chi connectivity index (χ1v) is 8.44. The van der Waals surface area contributed by atoms with Gasteiger partial charge in [-0.15, -0.1) is 24.0 Å². The van der Waals surface area contributed by atoms with Crippen LogP contribution in [0, 0.1) is 11.8 Å². The van der Waals surface area contributed by atoms with Crippen molar-refractivity contribution in [2.45, 2.75) is 27.7 Å². The van der Waals surface area contributed by atoms with E-state index in [1.54, 1.807) is 0 Å². The van der Waals surface area contributed by atoms with Gasteiger partial charge in [0.25, 0.3) is 0 Å². The number of nitrogens with zero attached hydrogens (tertiary/aromatic N) is 3. The lowest BCUT2D eigenvalue weighted by Crippen LogP contribution is -2.48. The van der Waals surface area contributed by atoms with E-state index in [0.717, 1.165) is 19.0 Å². The van der Waals surface area contributed by atoms with Crippen molar-refractivity contribution in [3.05, 3.63) is 0 Å². The fourth-order valence-corrected chi connectivity index (χ4v) is 2.59. The Morgan fingerprint density at radius 2 is 1.55 bits per heavy atom. The van der Waals surface area contributed by atoms with Crippen LogP contribution in [0.5, 0.6) is 0 Å². The molecule has 0 aliphatic carbocycles. The summed E-state index contributed by atoms with van der Waals surface area (Å²) in [7, 11) is 1.84. The molecule has 6 heteroatoms. The van der Waals surface area contributed by atoms with Gasteiger partial charge in [-0.05, 0) is 18.4 Å². The van der Waals surface area contributed by atoms with Crippen LogP contribution in [0.3, 0.4) is 0 Å². The maximum absolute atomic E-state index is 4.27. The molecule has 1 unspecified atom stereocenters. The molecular formula is C16H36IN5. The molecule has 1 rings (SSSR count). The van der Waals surface area contributed by atoms with Crippen LogP contribution < -0.4 is 10.6 Å². The number of aliphatic imine (C=N–C) groups is 1. The number of hydrogen-bond donors (Lipinski definition) is 2. The van der Waals surface area contributed by atoms with Gasteiger partial charge >= 0.3 is 0 Å². The maximum Gasteiger partial charge on any atom is 0.190 e. The lowest BCUT2D eigenvalue weighted by Gasteiger charge is -2.35. The number of halogens is 1. The van der Waals surface area contributed by atoms with Gasteiger partial charge in [0.1, 0.15) is 0 Å². The average molecular weight is 425 g/mol. The van der Waals surface area contributed by atoms with Crippen molar-refractivity contribution in [3.63, 3.8) is 0 Å². The van der Waals surface area contributed by atoms with Gasteiger partial charge in [-0.1, -0.05) is 27.7 Å². The van der Waals surface area contributed by atoms with Gasteiger partial charge in [-0.3, -0.25) is 4.99 Å². The van der Waals surface area contributed by atoms with Gasteiger partial charge in [0.15, 0.2) is 5.96 Å². The van der Waals surface area contributed by atoms with E-state index in [2.05, 4.69) is 53.1 Å². The topological polar surface area (TPSA) is 42.9 Å². The summed E-state index contributed by atoms with van der Waals surface area (Å²) < 4.78 is 0. The molecule has 0 aromatic rings. The Hall–Kier alpha value is -0.0800. The lowest BCUT2D eigenvalue weighted by atomic mass is 10.1. The van der Waals surface area contributed by atoms with Crippen molar-refractivity contribution >= 4 is 29.9 Å². The van der Waals surface area contributed by atoms with E-state index in [1.165, 1.54) is 39.3 Å². The Balaban J connectivity index is 0.00000441. The molecule has 1 saturated heterocycles. The van der Waals surface area contributed by atoms with Crippen LogP contribution in [0.4, 0.5) is 0 Å². The second-order valence-electron chi connectivity index (χ2n) is 6.57. The Morgan fingerprint density at radius 3 is 2.05 bits per heavy atom. The first kappa shape index (κ1) is 21.9. The molecule has 1 heterocycles. The van der Waals surface area contributed by atoms with E-state index < -0.39 is 0 Å². The van der Waals surface area contributed by atoms with Gasteiger partial charge in [0.05, 0.1) is 0 Å². The second kappa shape index (κ2) is 12.4. The molecule has 1 atom stereocenters. The number of rotatable bonds is 7. The monoisotopic (exact) mass is 425 g/mol. The molecule has 1 aliphatic rings. The van der Waals surface area contributed by atoms with Crippen LogP contribution >= 0.6 is 24.0 Å². The summed E-state index contributed by atoms with van der Waals surface area (Å²) in [5, 5.41) is 6.80. The summed E-state index contributed by atoms with van der Waals surface area (Å²) in [6, 6.07) is 0. The van der Waals surface area contributed by atoms with Gasteiger partial charge in [0, 0.05) is 52.9 Å². The van der Waals surface area contributed by atoms with E-state index >= 15 is 0 Å². The zero-order chi connectivity index (χ0) is 15.7. The normalized spacial score (nSPS) is 18.9. The van der Waals surface area contributed by atoms with Crippen LogP contribution in [0.1, 0.15) is 27.7 Å². The van der Waals surface area contributed by atoms with Crippen molar-refractivity contribution in [1.82, 2.24) is 20.4 Å². The first-order chi connectivity index (χ1) is 10.0. The summed E-state index contributed by atoms with van der Waals surface area (Å²) in [5.74, 6) is 2.19. The summed E-state index contributed by atoms with van der Waals surface area (Å²) in [6.45, 7) is 18.1. The Morgan fingerprint density at radius 1 is 1.00 bits per heavy atom. The van der Waals surface area contributed by atoms with E-state index in [4.69, 9.17) is 0 Å². The molecule has 1 fully saturated rings. The molecule has 0 amide bonds. The number of guanidine groups is 1. The molecular weight excluding hydrogens is 389 g/mol. The number of hydrogen-bond acceptors (Lipinski definition) is 3. The molecule has 0 radical (unpaired) electrons. The summed E-state index contributed by atoms with van der Waals surface area (Å²) >= 11 is 0. The fourth-order valence-electron chi connectivity index (χ4n) is 2.59. The standard InChI is InChI=1S/C16H35N5.HI/c1-6-20-7-9-21(10-8-20)13-15(4)12-19-16(17-5)18-11-14(2)3;/h14-15H,6-13H2,1-5H3,(H2,17,18,19);1H. The minimum atomic E-state index is 0. The highest BCUT2D eigenvalue weighted by Gasteiger charge is 2.17. The number of likely N-dealkylation sites (N-methyl/N-ethyl adjacent to an activating group) is 1. The number of piperazine rings is 1. The Kier molecular flexibility index (Phi) is 12.3. The molecule has 132 valence electrons. The van der Waals surface area contributed by atoms with Crippen molar-refractivity contribution in [2.24, 2.45) is 16.8 Å². The van der Waals surface area contributed by atoms with E-state index in [0.29, 0.717) is 11.8 Å². The molecule has 1 aliphatic heterocycles. The maximum atomic E-state index is 4.27. The molecule has 0 bridgehead atoms. The molecule has 5 nitrogen and oxygen atoms in total. The zero-order valence-electron chi connectivity index (χ0n) is 15.1. The molecule has 22 heavy (non-hydrogen) atoms. The van der Waals surface area contributed by atoms with Crippen molar-refractivity contribution in [3.8, 4) is 0 Å². The van der Waals surface area contributed by atoms with Gasteiger partial charge in [0.2, 0.25) is 0 Å². The molecule has 0 saturated carbocycles. The highest BCUT2D eigenvalue weighted by molar-refractivity contribution is 14.0. The van der Waals surface area contributed by atoms with E-state index in [9.17, 15) is 0 Å². The average Bonchev–Trinajstić information content (AvgIpc) is 2.48. The van der Waals surface area contributed by atoms with Crippen molar-refractivity contribution in [2.75, 3.05) is 59.4 Å². The third kappa shape index (κ3) is 9.15. The minimum absolute atomic E-state index is 0.